The van der Waals surface area contributed by atoms with Gasteiger partial charge in [0.05, 0.1) is 13.4 Å². The van der Waals surface area contributed by atoms with E-state index in [2.05, 4.69) is 20.3 Å². The van der Waals surface area contributed by atoms with Gasteiger partial charge in [-0.1, -0.05) is 12.1 Å². The maximum Gasteiger partial charge on any atom is 0.451 e. The number of ether oxygens (including phenoxy) is 1. The van der Waals surface area contributed by atoms with Gasteiger partial charge < -0.3 is 14.6 Å². The molecule has 9 heteroatoms. The molecule has 1 fully saturated rings. The van der Waals surface area contributed by atoms with Crippen LogP contribution < -0.4 is 10.1 Å². The van der Waals surface area contributed by atoms with E-state index in [1.54, 1.807) is 11.7 Å². The van der Waals surface area contributed by atoms with Crippen LogP contribution in [-0.4, -0.2) is 32.7 Å². The number of methoxy groups -OCH3 is 1. The van der Waals surface area contributed by atoms with Crippen LogP contribution in [-0.2, 0) is 19.1 Å². The number of nitrogens with one attached hydrogen (secondary N) is 1. The first-order valence-electron chi connectivity index (χ1n) is 9.13. The predicted octanol–water partition coefficient (Wildman–Crippen LogP) is 4.06. The van der Waals surface area contributed by atoms with Gasteiger partial charge in [0, 0.05) is 12.6 Å². The topological polar surface area (TPSA) is 64.9 Å². The van der Waals surface area contributed by atoms with Crippen molar-refractivity contribution in [2.45, 2.75) is 44.4 Å². The maximum absolute atomic E-state index is 13.2. The fourth-order valence-electron chi connectivity index (χ4n) is 3.04. The lowest BCUT2D eigenvalue weighted by molar-refractivity contribution is -0.144. The number of anilines is 1. The van der Waals surface area contributed by atoms with Gasteiger partial charge >= 0.3 is 6.18 Å². The number of benzene rings is 1. The second-order valence-electron chi connectivity index (χ2n) is 6.88. The largest absolute Gasteiger partial charge is 0.497 e. The van der Waals surface area contributed by atoms with Crippen LogP contribution in [0, 0.1) is 0 Å². The molecule has 2 aromatic heterocycles. The summed E-state index contributed by atoms with van der Waals surface area (Å²) in [5.41, 5.74) is 1.68. The van der Waals surface area contributed by atoms with Gasteiger partial charge in [-0.05, 0) is 43.4 Å². The zero-order valence-electron chi connectivity index (χ0n) is 15.3. The van der Waals surface area contributed by atoms with Crippen LogP contribution in [0.3, 0.4) is 0 Å². The molecule has 6 nitrogen and oxygen atoms in total. The highest BCUT2D eigenvalue weighted by Crippen LogP contribution is 2.32. The van der Waals surface area contributed by atoms with Crippen LogP contribution in [0.1, 0.15) is 30.7 Å². The van der Waals surface area contributed by atoms with E-state index >= 15 is 0 Å². The van der Waals surface area contributed by atoms with Crippen LogP contribution in [0.4, 0.5) is 19.0 Å². The Morgan fingerprint density at radius 3 is 2.79 bits per heavy atom. The van der Waals surface area contributed by atoms with Gasteiger partial charge in [0.25, 0.3) is 0 Å². The second-order valence-corrected chi connectivity index (χ2v) is 6.88. The van der Waals surface area contributed by atoms with Crippen molar-refractivity contribution in [2.24, 2.45) is 0 Å². The first-order chi connectivity index (χ1) is 13.4. The highest BCUT2D eigenvalue weighted by molar-refractivity contribution is 5.83. The number of hydrogen-bond donors (Lipinski definition) is 1. The van der Waals surface area contributed by atoms with E-state index < -0.39 is 12.0 Å². The molecule has 1 aliphatic rings. The minimum atomic E-state index is -4.61. The molecule has 0 saturated heterocycles. The molecular formula is C19H20F3N5O. The van der Waals surface area contributed by atoms with Crippen molar-refractivity contribution in [2.75, 3.05) is 12.4 Å². The molecule has 0 aliphatic heterocycles. The Morgan fingerprint density at radius 1 is 1.25 bits per heavy atom. The molecular weight excluding hydrogens is 371 g/mol. The number of fused-ring (bicyclic) bond motifs is 1. The van der Waals surface area contributed by atoms with Gasteiger partial charge in [-0.2, -0.15) is 13.2 Å². The van der Waals surface area contributed by atoms with Crippen LogP contribution >= 0.6 is 0 Å². The number of rotatable bonds is 7. The number of halogens is 3. The molecule has 1 N–H and O–H groups in total. The zero-order chi connectivity index (χ0) is 19.7. The fourth-order valence-corrected chi connectivity index (χ4v) is 3.04. The van der Waals surface area contributed by atoms with Crippen molar-refractivity contribution in [3.05, 3.63) is 42.0 Å². The van der Waals surface area contributed by atoms with E-state index in [4.69, 9.17) is 4.74 Å². The van der Waals surface area contributed by atoms with Gasteiger partial charge in [-0.25, -0.2) is 15.0 Å². The average Bonchev–Trinajstić information content (AvgIpc) is 3.39. The summed E-state index contributed by atoms with van der Waals surface area (Å²) in [4.78, 5) is 11.7. The summed E-state index contributed by atoms with van der Waals surface area (Å²) in [6, 6.07) is 7.90. The summed E-state index contributed by atoms with van der Waals surface area (Å²) in [7, 11) is 1.61. The first kappa shape index (κ1) is 18.5. The number of nitrogens with zero attached hydrogens (tertiary/aromatic N) is 4. The monoisotopic (exact) mass is 391 g/mol. The van der Waals surface area contributed by atoms with Gasteiger partial charge in [-0.3, -0.25) is 0 Å². The van der Waals surface area contributed by atoms with Crippen molar-refractivity contribution < 1.29 is 17.9 Å². The highest BCUT2D eigenvalue weighted by Gasteiger charge is 2.37. The molecule has 2 heterocycles. The minimum absolute atomic E-state index is 0.159. The van der Waals surface area contributed by atoms with E-state index in [-0.39, 0.29) is 17.5 Å². The van der Waals surface area contributed by atoms with E-state index in [1.807, 2.05) is 24.3 Å². The van der Waals surface area contributed by atoms with Gasteiger partial charge in [0.2, 0.25) is 5.82 Å². The first-order valence-corrected chi connectivity index (χ1v) is 9.13. The highest BCUT2D eigenvalue weighted by atomic mass is 19.4. The molecule has 148 valence electrons. The van der Waals surface area contributed by atoms with Crippen molar-refractivity contribution in [3.8, 4) is 5.75 Å². The molecule has 1 aromatic carbocycles. The normalized spacial score (nSPS) is 14.4. The van der Waals surface area contributed by atoms with Gasteiger partial charge in [0.15, 0.2) is 11.5 Å². The lowest BCUT2D eigenvalue weighted by atomic mass is 10.1. The number of alkyl halides is 3. The third-order valence-corrected chi connectivity index (χ3v) is 4.63. The average molecular weight is 391 g/mol. The quantitative estimate of drug-likeness (QED) is 0.658. The Hall–Kier alpha value is -2.84. The summed E-state index contributed by atoms with van der Waals surface area (Å²) < 4.78 is 46.6. The third-order valence-electron chi connectivity index (χ3n) is 4.63. The van der Waals surface area contributed by atoms with Crippen LogP contribution in [0.5, 0.6) is 5.75 Å². The second kappa shape index (κ2) is 7.29. The number of aryl methyl sites for hydroxylation is 2. The van der Waals surface area contributed by atoms with Crippen molar-refractivity contribution in [3.63, 3.8) is 0 Å². The standard InChI is InChI=1S/C19H20F3N5O/c1-28-14-6-2-4-12(10-14)5-3-9-27-11-23-15-16(24-13-7-8-13)25-18(19(20,21)22)26-17(15)27/h2,4,6,10-11,13H,3,5,7-9H2,1H3,(H,24,25,26). The third kappa shape index (κ3) is 4.02. The lowest BCUT2D eigenvalue weighted by Crippen LogP contribution is -2.15. The SMILES string of the molecule is COc1cccc(CCCn2cnc3c(NC4CC4)nc(C(F)(F)F)nc32)c1. The zero-order valence-corrected chi connectivity index (χ0v) is 15.3. The molecule has 0 bridgehead atoms. The van der Waals surface area contributed by atoms with Crippen molar-refractivity contribution in [1.82, 2.24) is 19.5 Å². The van der Waals surface area contributed by atoms with Crippen molar-refractivity contribution >= 4 is 17.0 Å². The molecule has 4 rings (SSSR count). The molecule has 3 aromatic rings. The Morgan fingerprint density at radius 2 is 2.07 bits per heavy atom. The Labute approximate surface area is 159 Å². The lowest BCUT2D eigenvalue weighted by Gasteiger charge is -2.11. The summed E-state index contributed by atoms with van der Waals surface area (Å²) in [6.07, 6.45) is 0.270. The van der Waals surface area contributed by atoms with E-state index in [9.17, 15) is 13.2 Å². The van der Waals surface area contributed by atoms with Gasteiger partial charge in [-0.15, -0.1) is 0 Å². The molecule has 0 atom stereocenters. The van der Waals surface area contributed by atoms with Crippen molar-refractivity contribution in [1.29, 1.82) is 0 Å². The maximum atomic E-state index is 13.2. The van der Waals surface area contributed by atoms with Crippen LogP contribution in [0.2, 0.25) is 0 Å². The summed E-state index contributed by atoms with van der Waals surface area (Å²) in [6.45, 7) is 0.505. The molecule has 0 amide bonds. The Balaban J connectivity index is 1.56. The fraction of sp³-hybridized carbons (Fsp3) is 0.421. The molecule has 0 radical (unpaired) electrons. The molecule has 28 heavy (non-hydrogen) atoms. The summed E-state index contributed by atoms with van der Waals surface area (Å²) >= 11 is 0. The van der Waals surface area contributed by atoms with E-state index in [1.165, 1.54) is 6.33 Å². The summed E-state index contributed by atoms with van der Waals surface area (Å²) in [5.74, 6) is -0.201. The number of hydrogen-bond acceptors (Lipinski definition) is 5. The van der Waals surface area contributed by atoms with Gasteiger partial charge in [0.1, 0.15) is 11.3 Å². The Kier molecular flexibility index (Phi) is 4.82. The van der Waals surface area contributed by atoms with E-state index in [0.717, 1.165) is 37.0 Å². The van der Waals surface area contributed by atoms with E-state index in [0.29, 0.717) is 12.1 Å². The minimum Gasteiger partial charge on any atom is -0.497 e. The molecule has 0 unspecified atom stereocenters. The summed E-state index contributed by atoms with van der Waals surface area (Å²) in [5, 5.41) is 3.04. The molecule has 1 saturated carbocycles. The number of imidazole rings is 1. The molecule has 0 spiro atoms. The van der Waals surface area contributed by atoms with Crippen LogP contribution in [0.25, 0.3) is 11.2 Å². The Bertz CT molecular complexity index is 981. The predicted molar refractivity (Wildman–Crippen MR) is 98.3 cm³/mol. The molecule has 1 aliphatic carbocycles. The number of aromatic nitrogens is 4. The smallest absolute Gasteiger partial charge is 0.451 e. The van der Waals surface area contributed by atoms with Crippen LogP contribution in [0.15, 0.2) is 30.6 Å².